The first-order valence-electron chi connectivity index (χ1n) is 6.61. The van der Waals surface area contributed by atoms with Gasteiger partial charge in [0.05, 0.1) is 5.01 Å². The van der Waals surface area contributed by atoms with Crippen molar-refractivity contribution in [1.82, 2.24) is 10.3 Å². The summed E-state index contributed by atoms with van der Waals surface area (Å²) in [5.74, 6) is 0. The van der Waals surface area contributed by atoms with Crippen LogP contribution in [0.25, 0.3) is 0 Å². The molecule has 102 valence electrons. The summed E-state index contributed by atoms with van der Waals surface area (Å²) in [4.78, 5) is 5.80. The summed E-state index contributed by atoms with van der Waals surface area (Å²) in [5, 5.41) is 5.41. The van der Waals surface area contributed by atoms with Crippen LogP contribution < -0.4 is 5.32 Å². The fourth-order valence-electron chi connectivity index (χ4n) is 1.89. The number of hydrogen-bond acceptors (Lipinski definition) is 3. The van der Waals surface area contributed by atoms with E-state index in [4.69, 9.17) is 11.6 Å². The highest BCUT2D eigenvalue weighted by atomic mass is 35.5. The van der Waals surface area contributed by atoms with Crippen LogP contribution in [0.3, 0.4) is 0 Å². The molecule has 0 aliphatic carbocycles. The van der Waals surface area contributed by atoms with Gasteiger partial charge in [0.15, 0.2) is 0 Å². The Bertz CT molecular complexity index is 524. The number of thiazole rings is 1. The fourth-order valence-corrected chi connectivity index (χ4v) is 3.08. The Labute approximate surface area is 123 Å². The normalized spacial score (nSPS) is 12.6. The summed E-state index contributed by atoms with van der Waals surface area (Å²) in [6.45, 7) is 5.41. The van der Waals surface area contributed by atoms with E-state index in [2.05, 4.69) is 30.2 Å². The van der Waals surface area contributed by atoms with E-state index < -0.39 is 0 Å². The maximum atomic E-state index is 6.00. The lowest BCUT2D eigenvalue weighted by Gasteiger charge is -2.09. The molecule has 1 unspecified atom stereocenters. The van der Waals surface area contributed by atoms with E-state index in [0.29, 0.717) is 6.04 Å². The largest absolute Gasteiger partial charge is 0.309 e. The van der Waals surface area contributed by atoms with Crippen molar-refractivity contribution in [2.45, 2.75) is 32.7 Å². The number of nitrogens with one attached hydrogen (secondary N) is 1. The summed E-state index contributed by atoms with van der Waals surface area (Å²) < 4.78 is 0. The SMILES string of the molecule is CCCNC(C)c1cnc(Cc2cccc(Cl)c2)s1. The molecular formula is C15H19ClN2S. The molecule has 19 heavy (non-hydrogen) atoms. The van der Waals surface area contributed by atoms with E-state index >= 15 is 0 Å². The molecule has 1 aromatic carbocycles. The topological polar surface area (TPSA) is 24.9 Å². The lowest BCUT2D eigenvalue weighted by atomic mass is 10.2. The lowest BCUT2D eigenvalue weighted by molar-refractivity contribution is 0.577. The van der Waals surface area contributed by atoms with Gasteiger partial charge in [0.25, 0.3) is 0 Å². The molecule has 0 radical (unpaired) electrons. The number of nitrogens with zero attached hydrogens (tertiary/aromatic N) is 1. The second kappa shape index (κ2) is 7.04. The third kappa shape index (κ3) is 4.30. The van der Waals surface area contributed by atoms with Gasteiger partial charge in [0.1, 0.15) is 0 Å². The Morgan fingerprint density at radius 2 is 2.26 bits per heavy atom. The van der Waals surface area contributed by atoms with Crippen molar-refractivity contribution in [3.8, 4) is 0 Å². The first-order chi connectivity index (χ1) is 9.19. The smallest absolute Gasteiger partial charge is 0.0972 e. The van der Waals surface area contributed by atoms with Gasteiger partial charge < -0.3 is 5.32 Å². The maximum absolute atomic E-state index is 6.00. The first-order valence-corrected chi connectivity index (χ1v) is 7.81. The van der Waals surface area contributed by atoms with Gasteiger partial charge in [-0.25, -0.2) is 4.98 Å². The molecule has 2 rings (SSSR count). The van der Waals surface area contributed by atoms with Gasteiger partial charge in [-0.05, 0) is 37.6 Å². The minimum Gasteiger partial charge on any atom is -0.309 e. The third-order valence-corrected chi connectivity index (χ3v) is 4.36. The van der Waals surface area contributed by atoms with Crippen molar-refractivity contribution in [3.05, 3.63) is 50.9 Å². The molecule has 0 fully saturated rings. The van der Waals surface area contributed by atoms with Crippen LogP contribution in [-0.2, 0) is 6.42 Å². The molecule has 0 aliphatic rings. The highest BCUT2D eigenvalue weighted by molar-refractivity contribution is 7.11. The summed E-state index contributed by atoms with van der Waals surface area (Å²) in [7, 11) is 0. The fraction of sp³-hybridized carbons (Fsp3) is 0.400. The minimum atomic E-state index is 0.380. The van der Waals surface area contributed by atoms with E-state index in [1.54, 1.807) is 11.3 Å². The van der Waals surface area contributed by atoms with E-state index in [9.17, 15) is 0 Å². The summed E-state index contributed by atoms with van der Waals surface area (Å²) in [6.07, 6.45) is 3.99. The van der Waals surface area contributed by atoms with Crippen molar-refractivity contribution in [1.29, 1.82) is 0 Å². The predicted octanol–water partition coefficient (Wildman–Crippen LogP) is 4.45. The summed E-state index contributed by atoms with van der Waals surface area (Å²) in [6, 6.07) is 8.35. The number of rotatable bonds is 6. The highest BCUT2D eigenvalue weighted by Crippen LogP contribution is 2.23. The van der Waals surface area contributed by atoms with Crippen LogP contribution in [0.2, 0.25) is 5.02 Å². The Hall–Kier alpha value is -0.900. The predicted molar refractivity (Wildman–Crippen MR) is 83.1 cm³/mol. The number of benzene rings is 1. The molecule has 0 amide bonds. The van der Waals surface area contributed by atoms with Gasteiger partial charge in [0.2, 0.25) is 0 Å². The van der Waals surface area contributed by atoms with Gasteiger partial charge in [-0.15, -0.1) is 11.3 Å². The summed E-state index contributed by atoms with van der Waals surface area (Å²) in [5.41, 5.74) is 1.21. The molecule has 0 saturated heterocycles. The number of aromatic nitrogens is 1. The van der Waals surface area contributed by atoms with Crippen molar-refractivity contribution >= 4 is 22.9 Å². The Morgan fingerprint density at radius 1 is 1.42 bits per heavy atom. The molecule has 1 heterocycles. The van der Waals surface area contributed by atoms with Crippen LogP contribution in [0.1, 0.15) is 41.8 Å². The zero-order valence-electron chi connectivity index (χ0n) is 11.3. The number of hydrogen-bond donors (Lipinski definition) is 1. The zero-order chi connectivity index (χ0) is 13.7. The molecule has 1 atom stereocenters. The molecular weight excluding hydrogens is 276 g/mol. The van der Waals surface area contributed by atoms with Gasteiger partial charge >= 0.3 is 0 Å². The second-order valence-electron chi connectivity index (χ2n) is 4.64. The minimum absolute atomic E-state index is 0.380. The molecule has 0 spiro atoms. The van der Waals surface area contributed by atoms with Gasteiger partial charge in [0, 0.05) is 28.6 Å². The Balaban J connectivity index is 2.01. The van der Waals surface area contributed by atoms with Crippen molar-refractivity contribution in [2.24, 2.45) is 0 Å². The van der Waals surface area contributed by atoms with Crippen LogP contribution in [0.4, 0.5) is 0 Å². The van der Waals surface area contributed by atoms with Gasteiger partial charge in [-0.3, -0.25) is 0 Å². The van der Waals surface area contributed by atoms with Crippen LogP contribution in [-0.4, -0.2) is 11.5 Å². The van der Waals surface area contributed by atoms with E-state index in [1.807, 2.05) is 24.4 Å². The maximum Gasteiger partial charge on any atom is 0.0972 e. The second-order valence-corrected chi connectivity index (χ2v) is 6.22. The molecule has 2 nitrogen and oxygen atoms in total. The van der Waals surface area contributed by atoms with Crippen LogP contribution in [0.15, 0.2) is 30.5 Å². The average Bonchev–Trinajstić information content (AvgIpc) is 2.84. The van der Waals surface area contributed by atoms with Crippen LogP contribution in [0.5, 0.6) is 0 Å². The first kappa shape index (κ1) is 14.5. The quantitative estimate of drug-likeness (QED) is 0.851. The standard InChI is InChI=1S/C15H19ClN2S/c1-3-7-17-11(2)14-10-18-15(19-14)9-12-5-4-6-13(16)8-12/h4-6,8,10-11,17H,3,7,9H2,1-2H3. The van der Waals surface area contributed by atoms with Crippen molar-refractivity contribution in [2.75, 3.05) is 6.54 Å². The van der Waals surface area contributed by atoms with Crippen molar-refractivity contribution in [3.63, 3.8) is 0 Å². The third-order valence-electron chi connectivity index (χ3n) is 2.94. The van der Waals surface area contributed by atoms with E-state index in [1.165, 1.54) is 10.4 Å². The van der Waals surface area contributed by atoms with Crippen LogP contribution in [0, 0.1) is 0 Å². The summed E-state index contributed by atoms with van der Waals surface area (Å²) >= 11 is 7.77. The molecule has 0 saturated carbocycles. The zero-order valence-corrected chi connectivity index (χ0v) is 12.9. The molecule has 2 aromatic rings. The average molecular weight is 295 g/mol. The highest BCUT2D eigenvalue weighted by Gasteiger charge is 2.09. The molecule has 1 aromatic heterocycles. The van der Waals surface area contributed by atoms with Gasteiger partial charge in [-0.1, -0.05) is 30.7 Å². The van der Waals surface area contributed by atoms with E-state index in [0.717, 1.165) is 29.4 Å². The van der Waals surface area contributed by atoms with E-state index in [-0.39, 0.29) is 0 Å². The molecule has 0 aliphatic heterocycles. The Kier molecular flexibility index (Phi) is 5.37. The molecule has 4 heteroatoms. The lowest BCUT2D eigenvalue weighted by Crippen LogP contribution is -2.18. The number of halogens is 1. The van der Waals surface area contributed by atoms with Crippen LogP contribution >= 0.6 is 22.9 Å². The monoisotopic (exact) mass is 294 g/mol. The Morgan fingerprint density at radius 3 is 3.00 bits per heavy atom. The molecule has 1 N–H and O–H groups in total. The molecule has 0 bridgehead atoms. The van der Waals surface area contributed by atoms with Crippen molar-refractivity contribution < 1.29 is 0 Å². The van der Waals surface area contributed by atoms with Gasteiger partial charge in [-0.2, -0.15) is 0 Å².